The van der Waals surface area contributed by atoms with Gasteiger partial charge in [0.1, 0.15) is 6.04 Å². The van der Waals surface area contributed by atoms with Gasteiger partial charge in [-0.25, -0.2) is 0 Å². The summed E-state index contributed by atoms with van der Waals surface area (Å²) in [4.78, 5) is 16.9. The van der Waals surface area contributed by atoms with Crippen LogP contribution in [0.4, 0.5) is 11.4 Å². The molecule has 1 unspecified atom stereocenters. The van der Waals surface area contributed by atoms with E-state index in [1.54, 1.807) is 0 Å². The molecule has 21 heavy (non-hydrogen) atoms. The Morgan fingerprint density at radius 3 is 2.29 bits per heavy atom. The van der Waals surface area contributed by atoms with E-state index in [-0.39, 0.29) is 11.9 Å². The molecule has 1 atom stereocenters. The number of nitrogen functional groups attached to an aromatic ring is 1. The first kappa shape index (κ1) is 15.7. The first-order valence-corrected chi connectivity index (χ1v) is 8.04. The van der Waals surface area contributed by atoms with Gasteiger partial charge in [0.15, 0.2) is 0 Å². The van der Waals surface area contributed by atoms with E-state index < -0.39 is 0 Å². The van der Waals surface area contributed by atoms with Crippen molar-refractivity contribution in [1.82, 2.24) is 4.90 Å². The zero-order valence-electron chi connectivity index (χ0n) is 13.2. The van der Waals surface area contributed by atoms with Gasteiger partial charge in [-0.15, -0.1) is 0 Å². The molecule has 1 aliphatic rings. The average Bonchev–Trinajstić information content (AvgIpc) is 2.78. The third kappa shape index (κ3) is 3.90. The minimum Gasteiger partial charge on any atom is -0.399 e. The number of likely N-dealkylation sites (tertiary alicyclic amines) is 1. The molecular weight excluding hydrogens is 262 g/mol. The fourth-order valence-electron chi connectivity index (χ4n) is 3.03. The maximum atomic E-state index is 12.8. The Kier molecular flexibility index (Phi) is 5.48. The van der Waals surface area contributed by atoms with Gasteiger partial charge in [-0.1, -0.05) is 12.8 Å². The van der Waals surface area contributed by atoms with Crippen LogP contribution in [0.1, 0.15) is 39.5 Å². The van der Waals surface area contributed by atoms with Crippen molar-refractivity contribution >= 4 is 17.3 Å². The lowest BCUT2D eigenvalue weighted by Crippen LogP contribution is -2.47. The topological polar surface area (TPSA) is 49.6 Å². The van der Waals surface area contributed by atoms with E-state index in [1.807, 2.05) is 36.1 Å². The number of benzene rings is 1. The van der Waals surface area contributed by atoms with Gasteiger partial charge in [0.05, 0.1) is 0 Å². The molecule has 2 rings (SSSR count). The Morgan fingerprint density at radius 2 is 1.76 bits per heavy atom. The van der Waals surface area contributed by atoms with Crippen molar-refractivity contribution in [3.8, 4) is 0 Å². The molecule has 116 valence electrons. The largest absolute Gasteiger partial charge is 0.399 e. The summed E-state index contributed by atoms with van der Waals surface area (Å²) in [5, 5.41) is 0. The summed E-state index contributed by atoms with van der Waals surface area (Å²) in [6.07, 6.45) is 4.75. The highest BCUT2D eigenvalue weighted by molar-refractivity contribution is 5.85. The molecule has 1 fully saturated rings. The van der Waals surface area contributed by atoms with Crippen molar-refractivity contribution in [3.63, 3.8) is 0 Å². The number of hydrogen-bond donors (Lipinski definition) is 1. The second-order valence-electron chi connectivity index (χ2n) is 5.79. The van der Waals surface area contributed by atoms with Gasteiger partial charge in [0.25, 0.3) is 0 Å². The summed E-state index contributed by atoms with van der Waals surface area (Å²) in [5.41, 5.74) is 7.55. The van der Waals surface area contributed by atoms with Gasteiger partial charge in [-0.05, 0) is 51.0 Å². The molecule has 0 spiro atoms. The van der Waals surface area contributed by atoms with E-state index in [2.05, 4.69) is 11.8 Å². The smallest absolute Gasteiger partial charge is 0.244 e. The zero-order chi connectivity index (χ0) is 15.2. The van der Waals surface area contributed by atoms with Gasteiger partial charge >= 0.3 is 0 Å². The highest BCUT2D eigenvalue weighted by Gasteiger charge is 2.25. The van der Waals surface area contributed by atoms with Crippen LogP contribution in [-0.4, -0.2) is 36.5 Å². The molecule has 0 aliphatic carbocycles. The molecule has 0 radical (unpaired) electrons. The van der Waals surface area contributed by atoms with Gasteiger partial charge in [0, 0.05) is 31.0 Å². The lowest BCUT2D eigenvalue weighted by Gasteiger charge is -2.33. The Morgan fingerprint density at radius 1 is 1.19 bits per heavy atom. The van der Waals surface area contributed by atoms with Gasteiger partial charge in [0.2, 0.25) is 5.91 Å². The summed E-state index contributed by atoms with van der Waals surface area (Å²) in [6, 6.07) is 7.63. The van der Waals surface area contributed by atoms with Crippen molar-refractivity contribution in [3.05, 3.63) is 24.3 Å². The van der Waals surface area contributed by atoms with E-state index in [9.17, 15) is 4.79 Å². The zero-order valence-corrected chi connectivity index (χ0v) is 13.2. The number of nitrogens with two attached hydrogens (primary N) is 1. The van der Waals surface area contributed by atoms with Gasteiger partial charge in [-0.2, -0.15) is 0 Å². The Balaban J connectivity index is 2.09. The van der Waals surface area contributed by atoms with E-state index in [0.717, 1.165) is 43.9 Å². The number of carbonyl (C=O) groups excluding carboxylic acids is 1. The predicted octanol–water partition coefficient (Wildman–Crippen LogP) is 2.89. The molecule has 1 amide bonds. The van der Waals surface area contributed by atoms with Gasteiger partial charge < -0.3 is 15.5 Å². The number of anilines is 2. The molecule has 1 aliphatic heterocycles. The van der Waals surface area contributed by atoms with E-state index in [1.165, 1.54) is 12.8 Å². The molecule has 2 N–H and O–H groups in total. The molecule has 4 heteroatoms. The van der Waals surface area contributed by atoms with Crippen LogP contribution in [0.25, 0.3) is 0 Å². The second kappa shape index (κ2) is 7.34. The summed E-state index contributed by atoms with van der Waals surface area (Å²) in [5.74, 6) is 0.246. The van der Waals surface area contributed by atoms with Crippen molar-refractivity contribution < 1.29 is 4.79 Å². The monoisotopic (exact) mass is 289 g/mol. The van der Waals surface area contributed by atoms with Crippen LogP contribution in [0.15, 0.2) is 24.3 Å². The van der Waals surface area contributed by atoms with Crippen LogP contribution in [0.3, 0.4) is 0 Å². The Bertz CT molecular complexity index is 450. The normalized spacial score (nSPS) is 17.1. The summed E-state index contributed by atoms with van der Waals surface area (Å²) in [6.45, 7) is 6.71. The molecule has 1 aromatic rings. The minimum absolute atomic E-state index is 0.128. The lowest BCUT2D eigenvalue weighted by atomic mass is 10.2. The maximum Gasteiger partial charge on any atom is 0.244 e. The fourth-order valence-corrected chi connectivity index (χ4v) is 3.03. The SMILES string of the molecule is CCN(c1ccc(N)cc1)C(C)C(=O)N1CCCCCC1. The molecule has 0 bridgehead atoms. The molecule has 1 saturated heterocycles. The number of rotatable bonds is 4. The second-order valence-corrected chi connectivity index (χ2v) is 5.79. The van der Waals surface area contributed by atoms with Crippen molar-refractivity contribution in [1.29, 1.82) is 0 Å². The van der Waals surface area contributed by atoms with Gasteiger partial charge in [-0.3, -0.25) is 4.79 Å². The van der Waals surface area contributed by atoms with E-state index in [0.29, 0.717) is 0 Å². The van der Waals surface area contributed by atoms with E-state index >= 15 is 0 Å². The highest BCUT2D eigenvalue weighted by atomic mass is 16.2. The quantitative estimate of drug-likeness (QED) is 0.867. The van der Waals surface area contributed by atoms with Crippen LogP contribution in [0, 0.1) is 0 Å². The first-order chi connectivity index (χ1) is 10.1. The average molecular weight is 289 g/mol. The van der Waals surface area contributed by atoms with Crippen LogP contribution < -0.4 is 10.6 Å². The van der Waals surface area contributed by atoms with Crippen LogP contribution >= 0.6 is 0 Å². The molecule has 1 aromatic carbocycles. The molecule has 0 aromatic heterocycles. The van der Waals surface area contributed by atoms with E-state index in [4.69, 9.17) is 5.73 Å². The third-order valence-electron chi connectivity index (χ3n) is 4.31. The Labute approximate surface area is 127 Å². The lowest BCUT2D eigenvalue weighted by molar-refractivity contribution is -0.132. The fraction of sp³-hybridized carbons (Fsp3) is 0.588. The number of amides is 1. The maximum absolute atomic E-state index is 12.8. The molecule has 1 heterocycles. The van der Waals surface area contributed by atoms with Crippen LogP contribution in [-0.2, 0) is 4.79 Å². The number of nitrogens with zero attached hydrogens (tertiary/aromatic N) is 2. The first-order valence-electron chi connectivity index (χ1n) is 8.04. The van der Waals surface area contributed by atoms with Crippen molar-refractivity contribution in [2.75, 3.05) is 30.3 Å². The Hall–Kier alpha value is -1.71. The molecular formula is C17H27N3O. The van der Waals surface area contributed by atoms with Crippen LogP contribution in [0.2, 0.25) is 0 Å². The van der Waals surface area contributed by atoms with Crippen molar-refractivity contribution in [2.45, 2.75) is 45.6 Å². The highest BCUT2D eigenvalue weighted by Crippen LogP contribution is 2.20. The third-order valence-corrected chi connectivity index (χ3v) is 4.31. The number of carbonyl (C=O) groups is 1. The standard InChI is InChI=1S/C17H27N3O/c1-3-20(16-10-8-15(18)9-11-16)14(2)17(21)19-12-6-4-5-7-13-19/h8-11,14H,3-7,12-13,18H2,1-2H3. The minimum atomic E-state index is -0.128. The summed E-state index contributed by atoms with van der Waals surface area (Å²) >= 11 is 0. The number of hydrogen-bond acceptors (Lipinski definition) is 3. The summed E-state index contributed by atoms with van der Waals surface area (Å²) < 4.78 is 0. The molecule has 4 nitrogen and oxygen atoms in total. The summed E-state index contributed by atoms with van der Waals surface area (Å²) in [7, 11) is 0. The predicted molar refractivity (Wildman–Crippen MR) is 88.4 cm³/mol. The number of likely N-dealkylation sites (N-methyl/N-ethyl adjacent to an activating group) is 1. The van der Waals surface area contributed by atoms with Crippen molar-refractivity contribution in [2.24, 2.45) is 0 Å². The molecule has 0 saturated carbocycles. The van der Waals surface area contributed by atoms with Crippen LogP contribution in [0.5, 0.6) is 0 Å².